The zero-order valence-electron chi connectivity index (χ0n) is 7.86. The molecule has 0 radical (unpaired) electrons. The number of aryl methyl sites for hydroxylation is 1. The molecule has 68 valence electrons. The number of aromatic nitrogens is 4. The van der Waals surface area contributed by atoms with E-state index in [1.165, 1.54) is 0 Å². The zero-order valence-corrected chi connectivity index (χ0v) is 7.86. The van der Waals surface area contributed by atoms with Crippen molar-refractivity contribution in [3.05, 3.63) is 5.82 Å². The first-order valence-electron chi connectivity index (χ1n) is 4.13. The second kappa shape index (κ2) is 4.15. The Morgan fingerprint density at radius 2 is 2.17 bits per heavy atom. The van der Waals surface area contributed by atoms with Gasteiger partial charge in [0.25, 0.3) is 0 Å². The summed E-state index contributed by atoms with van der Waals surface area (Å²) in [5.41, 5.74) is 0. The van der Waals surface area contributed by atoms with Gasteiger partial charge in [0.1, 0.15) is 0 Å². The maximum absolute atomic E-state index is 3.90. The lowest BCUT2D eigenvalue weighted by Gasteiger charge is -2.09. The average Bonchev–Trinajstić information content (AvgIpc) is 2.47. The standard InChI is InChI=1S/C7H15N5/c1-4-7-8-9-10-12(7)6-5-11(2)3/h4-6H2,1-3H3. The van der Waals surface area contributed by atoms with Crippen LogP contribution in [0.5, 0.6) is 0 Å². The van der Waals surface area contributed by atoms with Crippen molar-refractivity contribution in [1.82, 2.24) is 25.1 Å². The van der Waals surface area contributed by atoms with Crippen molar-refractivity contribution in [2.75, 3.05) is 20.6 Å². The summed E-state index contributed by atoms with van der Waals surface area (Å²) in [4.78, 5) is 2.11. The highest BCUT2D eigenvalue weighted by molar-refractivity contribution is 4.78. The molecule has 0 fully saturated rings. The van der Waals surface area contributed by atoms with E-state index in [2.05, 4.69) is 27.3 Å². The van der Waals surface area contributed by atoms with E-state index in [4.69, 9.17) is 0 Å². The van der Waals surface area contributed by atoms with Gasteiger partial charge in [-0.15, -0.1) is 5.10 Å². The summed E-state index contributed by atoms with van der Waals surface area (Å²) in [6.07, 6.45) is 0.889. The molecule has 0 spiro atoms. The van der Waals surface area contributed by atoms with Crippen LogP contribution in [0.25, 0.3) is 0 Å². The van der Waals surface area contributed by atoms with Gasteiger partial charge in [-0.25, -0.2) is 4.68 Å². The van der Waals surface area contributed by atoms with Gasteiger partial charge in [-0.2, -0.15) is 0 Å². The first-order chi connectivity index (χ1) is 5.74. The van der Waals surface area contributed by atoms with Crippen molar-refractivity contribution in [2.45, 2.75) is 19.9 Å². The van der Waals surface area contributed by atoms with E-state index in [1.807, 2.05) is 18.8 Å². The minimum atomic E-state index is 0.864. The molecule has 0 aliphatic carbocycles. The van der Waals surface area contributed by atoms with Crippen LogP contribution >= 0.6 is 0 Å². The fourth-order valence-corrected chi connectivity index (χ4v) is 0.945. The second-order valence-corrected chi connectivity index (χ2v) is 2.98. The monoisotopic (exact) mass is 169 g/mol. The molecule has 0 unspecified atom stereocenters. The van der Waals surface area contributed by atoms with E-state index in [0.29, 0.717) is 0 Å². The third kappa shape index (κ3) is 2.27. The van der Waals surface area contributed by atoms with Crippen molar-refractivity contribution < 1.29 is 0 Å². The molecule has 1 heterocycles. The highest BCUT2D eigenvalue weighted by Crippen LogP contribution is 1.92. The third-order valence-electron chi connectivity index (χ3n) is 1.68. The van der Waals surface area contributed by atoms with Gasteiger partial charge >= 0.3 is 0 Å². The SMILES string of the molecule is CCc1nnnn1CCN(C)C. The van der Waals surface area contributed by atoms with E-state index >= 15 is 0 Å². The van der Waals surface area contributed by atoms with E-state index < -0.39 is 0 Å². The normalized spacial score (nSPS) is 11.0. The predicted molar refractivity (Wildman–Crippen MR) is 45.7 cm³/mol. The first-order valence-corrected chi connectivity index (χ1v) is 4.13. The van der Waals surface area contributed by atoms with E-state index in [-0.39, 0.29) is 0 Å². The van der Waals surface area contributed by atoms with Gasteiger partial charge in [-0.05, 0) is 24.5 Å². The van der Waals surface area contributed by atoms with Crippen LogP contribution in [-0.2, 0) is 13.0 Å². The molecule has 0 saturated carbocycles. The summed E-state index contributed by atoms with van der Waals surface area (Å²) in [6, 6.07) is 0. The lowest BCUT2D eigenvalue weighted by Crippen LogP contribution is -2.20. The van der Waals surface area contributed by atoms with Gasteiger partial charge in [0.15, 0.2) is 5.82 Å². The molecule has 1 aromatic heterocycles. The van der Waals surface area contributed by atoms with E-state index in [9.17, 15) is 0 Å². The lowest BCUT2D eigenvalue weighted by atomic mass is 10.4. The molecular weight excluding hydrogens is 154 g/mol. The summed E-state index contributed by atoms with van der Waals surface area (Å²) in [7, 11) is 4.08. The van der Waals surface area contributed by atoms with Crippen LogP contribution in [0.15, 0.2) is 0 Å². The van der Waals surface area contributed by atoms with E-state index in [0.717, 1.165) is 25.3 Å². The molecule has 0 amide bonds. The van der Waals surface area contributed by atoms with Crippen LogP contribution in [0, 0.1) is 0 Å². The van der Waals surface area contributed by atoms with Crippen molar-refractivity contribution in [1.29, 1.82) is 0 Å². The number of tetrazole rings is 1. The van der Waals surface area contributed by atoms with Crippen LogP contribution < -0.4 is 0 Å². The van der Waals surface area contributed by atoms with Gasteiger partial charge < -0.3 is 4.90 Å². The zero-order chi connectivity index (χ0) is 8.97. The molecule has 0 N–H and O–H groups in total. The van der Waals surface area contributed by atoms with E-state index in [1.54, 1.807) is 0 Å². The fraction of sp³-hybridized carbons (Fsp3) is 0.857. The maximum Gasteiger partial charge on any atom is 0.151 e. The average molecular weight is 169 g/mol. The van der Waals surface area contributed by atoms with Crippen LogP contribution in [0.1, 0.15) is 12.7 Å². The number of hydrogen-bond acceptors (Lipinski definition) is 4. The summed E-state index contributed by atoms with van der Waals surface area (Å²) in [5, 5.41) is 11.4. The molecule has 0 bridgehead atoms. The van der Waals surface area contributed by atoms with Crippen molar-refractivity contribution in [2.24, 2.45) is 0 Å². The highest BCUT2D eigenvalue weighted by atomic mass is 15.5. The third-order valence-corrected chi connectivity index (χ3v) is 1.68. The van der Waals surface area contributed by atoms with Crippen molar-refractivity contribution >= 4 is 0 Å². The van der Waals surface area contributed by atoms with Crippen LogP contribution in [0.2, 0.25) is 0 Å². The molecule has 0 aliphatic rings. The van der Waals surface area contributed by atoms with Gasteiger partial charge in [0.2, 0.25) is 0 Å². The lowest BCUT2D eigenvalue weighted by molar-refractivity contribution is 0.367. The molecule has 1 rings (SSSR count). The van der Waals surface area contributed by atoms with Gasteiger partial charge in [0, 0.05) is 13.0 Å². The minimum Gasteiger partial charge on any atom is -0.308 e. The quantitative estimate of drug-likeness (QED) is 0.626. The van der Waals surface area contributed by atoms with Crippen molar-refractivity contribution in [3.8, 4) is 0 Å². The Bertz CT molecular complexity index is 229. The van der Waals surface area contributed by atoms with Gasteiger partial charge in [-0.3, -0.25) is 0 Å². The van der Waals surface area contributed by atoms with Crippen LogP contribution in [-0.4, -0.2) is 45.7 Å². The Hall–Kier alpha value is -0.970. The number of nitrogens with zero attached hydrogens (tertiary/aromatic N) is 5. The predicted octanol–water partition coefficient (Wildman–Crippen LogP) is -0.203. The molecule has 0 aromatic carbocycles. The Kier molecular flexibility index (Phi) is 3.16. The molecule has 0 atom stereocenters. The smallest absolute Gasteiger partial charge is 0.151 e. The molecule has 5 heteroatoms. The Morgan fingerprint density at radius 1 is 1.42 bits per heavy atom. The largest absolute Gasteiger partial charge is 0.308 e. The first kappa shape index (κ1) is 9.12. The fourth-order valence-electron chi connectivity index (χ4n) is 0.945. The Morgan fingerprint density at radius 3 is 2.75 bits per heavy atom. The Balaban J connectivity index is 2.50. The summed E-state index contributed by atoms with van der Waals surface area (Å²) >= 11 is 0. The number of hydrogen-bond donors (Lipinski definition) is 0. The molecule has 12 heavy (non-hydrogen) atoms. The van der Waals surface area contributed by atoms with Crippen LogP contribution in [0.3, 0.4) is 0 Å². The summed E-state index contributed by atoms with van der Waals surface area (Å²) in [5.74, 6) is 0.955. The summed E-state index contributed by atoms with van der Waals surface area (Å²) < 4.78 is 1.85. The number of likely N-dealkylation sites (N-methyl/N-ethyl adjacent to an activating group) is 1. The topological polar surface area (TPSA) is 46.8 Å². The van der Waals surface area contributed by atoms with Crippen molar-refractivity contribution in [3.63, 3.8) is 0 Å². The van der Waals surface area contributed by atoms with Gasteiger partial charge in [-0.1, -0.05) is 6.92 Å². The summed E-state index contributed by atoms with van der Waals surface area (Å²) in [6.45, 7) is 3.89. The Labute approximate surface area is 72.4 Å². The van der Waals surface area contributed by atoms with Gasteiger partial charge in [0.05, 0.1) is 6.54 Å². The molecular formula is C7H15N5. The van der Waals surface area contributed by atoms with Crippen LogP contribution in [0.4, 0.5) is 0 Å². The molecule has 0 saturated heterocycles. The maximum atomic E-state index is 3.90. The molecule has 5 nitrogen and oxygen atoms in total. The number of rotatable bonds is 4. The molecule has 1 aromatic rings. The highest BCUT2D eigenvalue weighted by Gasteiger charge is 2.02. The second-order valence-electron chi connectivity index (χ2n) is 2.98. The minimum absolute atomic E-state index is 0.864. The molecule has 0 aliphatic heterocycles.